The maximum Gasteiger partial charge on any atom is 0.176 e. The van der Waals surface area contributed by atoms with Gasteiger partial charge in [0.05, 0.1) is 31.7 Å². The summed E-state index contributed by atoms with van der Waals surface area (Å²) in [4.78, 5) is 7.24. The van der Waals surface area contributed by atoms with Crippen molar-refractivity contribution in [2.24, 2.45) is 4.99 Å². The van der Waals surface area contributed by atoms with E-state index in [2.05, 4.69) is 35.2 Å². The summed E-state index contributed by atoms with van der Waals surface area (Å²) in [6.07, 6.45) is 4.00. The number of halogens is 1. The lowest BCUT2D eigenvalue weighted by molar-refractivity contribution is -0.0637. The van der Waals surface area contributed by atoms with Crippen LogP contribution in [-0.2, 0) is 5.72 Å². The van der Waals surface area contributed by atoms with Crippen molar-refractivity contribution in [3.8, 4) is 11.5 Å². The highest BCUT2D eigenvalue weighted by Crippen LogP contribution is 2.54. The Morgan fingerprint density at radius 3 is 2.24 bits per heavy atom. The molecule has 6 rings (SSSR count). The SMILES string of the molecule is COc1ccc(/C=C2\CCC3=C2N=C2SCC(O)(c4ccc(Cl)cc4)N2C3c2ccc(OC)cc2)cc1. The van der Waals surface area contributed by atoms with Gasteiger partial charge in [-0.2, -0.15) is 0 Å². The molecule has 0 bridgehead atoms. The molecule has 1 N–H and O–H groups in total. The van der Waals surface area contributed by atoms with Crippen LogP contribution in [0.25, 0.3) is 6.08 Å². The molecule has 2 aliphatic heterocycles. The second kappa shape index (κ2) is 9.60. The van der Waals surface area contributed by atoms with Crippen molar-refractivity contribution < 1.29 is 14.6 Å². The lowest BCUT2D eigenvalue weighted by Gasteiger charge is -2.43. The van der Waals surface area contributed by atoms with Crippen molar-refractivity contribution in [2.45, 2.75) is 24.6 Å². The second-order valence-electron chi connectivity index (χ2n) is 9.37. The van der Waals surface area contributed by atoms with Gasteiger partial charge in [0.2, 0.25) is 0 Å². The van der Waals surface area contributed by atoms with Crippen LogP contribution in [0.15, 0.2) is 94.6 Å². The molecule has 37 heavy (non-hydrogen) atoms. The summed E-state index contributed by atoms with van der Waals surface area (Å²) in [5.41, 5.74) is 5.29. The number of fused-ring (bicyclic) bond motifs is 1. The van der Waals surface area contributed by atoms with Crippen LogP contribution in [0.4, 0.5) is 0 Å². The number of benzene rings is 3. The zero-order valence-corrected chi connectivity index (χ0v) is 22.2. The molecular formula is C30H27ClN2O3S. The summed E-state index contributed by atoms with van der Waals surface area (Å²) in [6.45, 7) is 0. The molecule has 3 aliphatic rings. The molecule has 1 aliphatic carbocycles. The number of thioether (sulfide) groups is 1. The maximum atomic E-state index is 12.2. The number of amidine groups is 1. The predicted molar refractivity (Wildman–Crippen MR) is 150 cm³/mol. The molecule has 0 radical (unpaired) electrons. The van der Waals surface area contributed by atoms with Crippen molar-refractivity contribution in [1.82, 2.24) is 4.90 Å². The van der Waals surface area contributed by atoms with Crippen molar-refractivity contribution in [3.05, 3.63) is 111 Å². The van der Waals surface area contributed by atoms with E-state index in [9.17, 15) is 5.11 Å². The molecule has 0 aromatic heterocycles. The van der Waals surface area contributed by atoms with E-state index < -0.39 is 5.72 Å². The highest BCUT2D eigenvalue weighted by Gasteiger charge is 2.52. The van der Waals surface area contributed by atoms with E-state index in [1.54, 1.807) is 26.0 Å². The number of aliphatic hydroxyl groups is 1. The fourth-order valence-electron chi connectivity index (χ4n) is 5.36. The zero-order chi connectivity index (χ0) is 25.6. The van der Waals surface area contributed by atoms with Gasteiger partial charge in [0, 0.05) is 10.6 Å². The van der Waals surface area contributed by atoms with Crippen LogP contribution in [0, 0.1) is 0 Å². The number of hydrogen-bond acceptors (Lipinski definition) is 6. The Balaban J connectivity index is 1.46. The minimum atomic E-state index is -1.21. The number of methoxy groups -OCH3 is 2. The molecule has 1 fully saturated rings. The van der Waals surface area contributed by atoms with Gasteiger partial charge in [0.25, 0.3) is 0 Å². The lowest BCUT2D eigenvalue weighted by atomic mass is 9.91. The number of nitrogens with zero attached hydrogens (tertiary/aromatic N) is 2. The quantitative estimate of drug-likeness (QED) is 0.393. The van der Waals surface area contributed by atoms with E-state index in [1.165, 1.54) is 11.1 Å². The summed E-state index contributed by atoms with van der Waals surface area (Å²) < 4.78 is 10.7. The Morgan fingerprint density at radius 1 is 0.946 bits per heavy atom. The second-order valence-corrected chi connectivity index (χ2v) is 10.7. The van der Waals surface area contributed by atoms with Gasteiger partial charge in [0.15, 0.2) is 10.9 Å². The third-order valence-corrected chi connectivity index (χ3v) is 8.61. The molecule has 3 aromatic rings. The van der Waals surface area contributed by atoms with E-state index in [0.29, 0.717) is 10.8 Å². The van der Waals surface area contributed by atoms with Gasteiger partial charge in [-0.05, 0) is 77.6 Å². The smallest absolute Gasteiger partial charge is 0.176 e. The van der Waals surface area contributed by atoms with Crippen LogP contribution in [-0.4, -0.2) is 35.1 Å². The van der Waals surface area contributed by atoms with E-state index >= 15 is 0 Å². The molecule has 0 saturated carbocycles. The zero-order valence-electron chi connectivity index (χ0n) is 20.6. The Morgan fingerprint density at radius 2 is 1.59 bits per heavy atom. The van der Waals surface area contributed by atoms with Crippen LogP contribution in [0.1, 0.15) is 35.6 Å². The van der Waals surface area contributed by atoms with E-state index in [0.717, 1.165) is 51.9 Å². The highest BCUT2D eigenvalue weighted by molar-refractivity contribution is 8.14. The van der Waals surface area contributed by atoms with Crippen molar-refractivity contribution in [2.75, 3.05) is 20.0 Å². The van der Waals surface area contributed by atoms with Crippen molar-refractivity contribution in [3.63, 3.8) is 0 Å². The lowest BCUT2D eigenvalue weighted by Crippen LogP contribution is -2.48. The molecule has 0 spiro atoms. The van der Waals surface area contributed by atoms with Crippen LogP contribution < -0.4 is 9.47 Å². The van der Waals surface area contributed by atoms with Crippen molar-refractivity contribution >= 4 is 34.6 Å². The van der Waals surface area contributed by atoms with Gasteiger partial charge >= 0.3 is 0 Å². The van der Waals surface area contributed by atoms with Crippen LogP contribution in [0.3, 0.4) is 0 Å². The molecule has 2 unspecified atom stereocenters. The summed E-state index contributed by atoms with van der Waals surface area (Å²) in [7, 11) is 3.35. The van der Waals surface area contributed by atoms with Crippen LogP contribution in [0.2, 0.25) is 5.02 Å². The third-order valence-electron chi connectivity index (χ3n) is 7.27. The fraction of sp³-hybridized carbons (Fsp3) is 0.233. The van der Waals surface area contributed by atoms with Gasteiger partial charge in [-0.25, -0.2) is 4.99 Å². The first kappa shape index (κ1) is 24.2. The largest absolute Gasteiger partial charge is 0.497 e. The number of ether oxygens (including phenoxy) is 2. The van der Waals surface area contributed by atoms with Gasteiger partial charge in [-0.3, -0.25) is 0 Å². The Labute approximate surface area is 226 Å². The number of rotatable bonds is 5. The van der Waals surface area contributed by atoms with Gasteiger partial charge in [-0.1, -0.05) is 59.8 Å². The summed E-state index contributed by atoms with van der Waals surface area (Å²) >= 11 is 7.76. The summed E-state index contributed by atoms with van der Waals surface area (Å²) in [5, 5.41) is 13.6. The minimum Gasteiger partial charge on any atom is -0.497 e. The first-order chi connectivity index (χ1) is 18.0. The molecule has 188 valence electrons. The average Bonchev–Trinajstić information content (AvgIpc) is 3.49. The first-order valence-corrected chi connectivity index (χ1v) is 13.6. The Kier molecular flexibility index (Phi) is 6.27. The maximum absolute atomic E-state index is 12.2. The third kappa shape index (κ3) is 4.23. The fourth-order valence-corrected chi connectivity index (χ4v) is 6.68. The molecule has 2 atom stereocenters. The molecule has 5 nitrogen and oxygen atoms in total. The molecular weight excluding hydrogens is 504 g/mol. The standard InChI is InChI=1S/C30H27ClN2O3S/c1-35-24-12-3-19(4-13-24)17-21-7-16-26-27(21)32-29-33(28(26)20-5-14-25(36-2)15-6-20)30(34,18-37-29)22-8-10-23(31)11-9-22/h3-6,8-15,17,28,34H,7,16,18H2,1-2H3/b21-17+. The minimum absolute atomic E-state index is 0.147. The van der Waals surface area contributed by atoms with E-state index in [4.69, 9.17) is 26.1 Å². The average molecular weight is 531 g/mol. The van der Waals surface area contributed by atoms with Crippen LogP contribution >= 0.6 is 23.4 Å². The molecule has 0 amide bonds. The van der Waals surface area contributed by atoms with Gasteiger partial charge in [0.1, 0.15) is 11.5 Å². The number of allylic oxidation sites excluding steroid dienone is 1. The monoisotopic (exact) mass is 530 g/mol. The molecule has 1 saturated heterocycles. The molecule has 7 heteroatoms. The van der Waals surface area contributed by atoms with Crippen molar-refractivity contribution in [1.29, 1.82) is 0 Å². The highest BCUT2D eigenvalue weighted by atomic mass is 35.5. The predicted octanol–water partition coefficient (Wildman–Crippen LogP) is 6.79. The normalized spacial score (nSPS) is 23.7. The molecule has 3 aromatic carbocycles. The number of hydrogen-bond donors (Lipinski definition) is 1. The first-order valence-electron chi connectivity index (χ1n) is 12.2. The Bertz CT molecular complexity index is 1410. The Hall–Kier alpha value is -3.19. The summed E-state index contributed by atoms with van der Waals surface area (Å²) in [5.74, 6) is 2.13. The van der Waals surface area contributed by atoms with E-state index in [-0.39, 0.29) is 6.04 Å². The van der Waals surface area contributed by atoms with E-state index in [1.807, 2.05) is 48.5 Å². The molecule has 2 heterocycles. The number of aliphatic imine (C=N–C) groups is 1. The topological polar surface area (TPSA) is 54.3 Å². The van der Waals surface area contributed by atoms with Gasteiger partial charge in [-0.15, -0.1) is 0 Å². The van der Waals surface area contributed by atoms with Crippen LogP contribution in [0.5, 0.6) is 11.5 Å². The van der Waals surface area contributed by atoms with Gasteiger partial charge < -0.3 is 19.5 Å². The summed E-state index contributed by atoms with van der Waals surface area (Å²) in [6, 6.07) is 23.6.